The molecule has 0 spiro atoms. The Morgan fingerprint density at radius 2 is 2.08 bits per heavy atom. The maximum absolute atomic E-state index is 12.8. The van der Waals surface area contributed by atoms with Crippen LogP contribution in [0.3, 0.4) is 0 Å². The van der Waals surface area contributed by atoms with Gasteiger partial charge in [-0.25, -0.2) is 4.39 Å². The molecule has 0 amide bonds. The summed E-state index contributed by atoms with van der Waals surface area (Å²) in [5.74, 6) is -0.417. The van der Waals surface area contributed by atoms with E-state index in [4.69, 9.17) is 11.1 Å². The molecule has 0 aliphatic heterocycles. The quantitative estimate of drug-likeness (QED) is 0.513. The third-order valence-corrected chi connectivity index (χ3v) is 1.56. The Labute approximate surface area is 76.5 Å². The molecular weight excluding hydrogens is 179 g/mol. The molecule has 0 unspecified atom stereocenters. The van der Waals surface area contributed by atoms with Crippen molar-refractivity contribution in [2.45, 2.75) is 6.92 Å². The summed E-state index contributed by atoms with van der Waals surface area (Å²) < 4.78 is 12.8. The lowest BCUT2D eigenvalue weighted by Crippen LogP contribution is -2.13. The first-order valence-electron chi connectivity index (χ1n) is 3.22. The normalized spacial score (nSPS) is 8.83. The van der Waals surface area contributed by atoms with Crippen LogP contribution in [0.25, 0.3) is 0 Å². The Hall–Kier alpha value is -1.09. The van der Waals surface area contributed by atoms with Crippen molar-refractivity contribution in [1.29, 1.82) is 5.41 Å². The first kappa shape index (κ1) is 10.9. The fourth-order valence-corrected chi connectivity index (χ4v) is 0.899. The molecule has 0 aliphatic rings. The van der Waals surface area contributed by atoms with E-state index in [2.05, 4.69) is 0 Å². The van der Waals surface area contributed by atoms with Crippen molar-refractivity contribution in [3.05, 3.63) is 35.1 Å². The summed E-state index contributed by atoms with van der Waals surface area (Å²) in [7, 11) is 0. The van der Waals surface area contributed by atoms with Gasteiger partial charge in [0, 0.05) is 5.56 Å². The first-order valence-corrected chi connectivity index (χ1v) is 3.22. The maximum Gasteiger partial charge on any atom is 0.126 e. The summed E-state index contributed by atoms with van der Waals surface area (Å²) in [6, 6.07) is 4.52. The zero-order valence-corrected chi connectivity index (χ0v) is 7.41. The highest BCUT2D eigenvalue weighted by atomic mass is 35.5. The summed E-state index contributed by atoms with van der Waals surface area (Å²) in [4.78, 5) is 0. The molecule has 0 atom stereocenters. The number of nitrogens with one attached hydrogen (secondary N) is 1. The van der Waals surface area contributed by atoms with E-state index in [1.807, 2.05) is 0 Å². The Balaban J connectivity index is 0.00000121. The molecule has 0 aliphatic carbocycles. The molecule has 0 bridgehead atoms. The fraction of sp³-hybridized carbons (Fsp3) is 0.125. The van der Waals surface area contributed by atoms with Gasteiger partial charge in [-0.15, -0.1) is 12.4 Å². The minimum absolute atomic E-state index is 0. The molecule has 0 saturated heterocycles. The Bertz CT molecular complexity index is 299. The zero-order valence-electron chi connectivity index (χ0n) is 6.60. The third-order valence-electron chi connectivity index (χ3n) is 1.56. The largest absolute Gasteiger partial charge is 0.384 e. The van der Waals surface area contributed by atoms with Crippen LogP contribution < -0.4 is 5.73 Å². The summed E-state index contributed by atoms with van der Waals surface area (Å²) in [5.41, 5.74) is 6.09. The van der Waals surface area contributed by atoms with Gasteiger partial charge in [0.2, 0.25) is 0 Å². The van der Waals surface area contributed by atoms with E-state index in [-0.39, 0.29) is 24.1 Å². The molecule has 3 N–H and O–H groups in total. The predicted molar refractivity (Wildman–Crippen MR) is 49.4 cm³/mol. The van der Waals surface area contributed by atoms with Crippen LogP contribution in [-0.2, 0) is 0 Å². The molecular formula is C8H10ClFN2. The molecule has 1 aromatic rings. The number of nitrogen functional groups attached to an aromatic ring is 1. The molecule has 1 rings (SSSR count). The van der Waals surface area contributed by atoms with E-state index in [1.54, 1.807) is 19.1 Å². The molecule has 12 heavy (non-hydrogen) atoms. The van der Waals surface area contributed by atoms with Crippen LogP contribution in [0.4, 0.5) is 4.39 Å². The molecule has 2 nitrogen and oxygen atoms in total. The van der Waals surface area contributed by atoms with Gasteiger partial charge in [-0.05, 0) is 18.6 Å². The van der Waals surface area contributed by atoms with Crippen molar-refractivity contribution < 1.29 is 4.39 Å². The minimum atomic E-state index is -0.322. The average molecular weight is 189 g/mol. The Morgan fingerprint density at radius 1 is 1.50 bits per heavy atom. The van der Waals surface area contributed by atoms with Gasteiger partial charge in [0.1, 0.15) is 11.7 Å². The lowest BCUT2D eigenvalue weighted by atomic mass is 10.1. The van der Waals surface area contributed by atoms with Crippen molar-refractivity contribution in [3.8, 4) is 0 Å². The smallest absolute Gasteiger partial charge is 0.126 e. The monoisotopic (exact) mass is 188 g/mol. The number of hydrogen-bond acceptors (Lipinski definition) is 1. The fourth-order valence-electron chi connectivity index (χ4n) is 0.899. The van der Waals surface area contributed by atoms with Gasteiger partial charge in [0.05, 0.1) is 0 Å². The molecule has 0 heterocycles. The average Bonchev–Trinajstić information content (AvgIpc) is 1.94. The molecule has 0 radical (unpaired) electrons. The first-order chi connectivity index (χ1) is 5.13. The van der Waals surface area contributed by atoms with E-state index in [0.717, 1.165) is 0 Å². The standard InChI is InChI=1S/C8H9FN2.ClH/c1-5-6(8(10)11)3-2-4-7(5)9;/h2-4H,1H3,(H3,10,11);1H. The van der Waals surface area contributed by atoms with Crippen LogP contribution in [0.1, 0.15) is 11.1 Å². The number of halogens is 2. The van der Waals surface area contributed by atoms with Gasteiger partial charge in [-0.2, -0.15) is 0 Å². The summed E-state index contributed by atoms with van der Waals surface area (Å²) >= 11 is 0. The van der Waals surface area contributed by atoms with Crippen molar-refractivity contribution in [1.82, 2.24) is 0 Å². The van der Waals surface area contributed by atoms with Crippen LogP contribution in [-0.4, -0.2) is 5.84 Å². The second-order valence-electron chi connectivity index (χ2n) is 2.33. The van der Waals surface area contributed by atoms with E-state index in [9.17, 15) is 4.39 Å². The molecule has 66 valence electrons. The molecule has 0 fully saturated rings. The van der Waals surface area contributed by atoms with Gasteiger partial charge in [0.25, 0.3) is 0 Å². The minimum Gasteiger partial charge on any atom is -0.384 e. The molecule has 4 heteroatoms. The number of hydrogen-bond donors (Lipinski definition) is 2. The van der Waals surface area contributed by atoms with Crippen molar-refractivity contribution in [2.24, 2.45) is 5.73 Å². The predicted octanol–water partition coefficient (Wildman–Crippen LogP) is 1.84. The van der Waals surface area contributed by atoms with Crippen LogP contribution >= 0.6 is 12.4 Å². The second kappa shape index (κ2) is 4.07. The maximum atomic E-state index is 12.8. The van der Waals surface area contributed by atoms with Gasteiger partial charge in [0.15, 0.2) is 0 Å². The number of rotatable bonds is 1. The van der Waals surface area contributed by atoms with Gasteiger partial charge < -0.3 is 5.73 Å². The summed E-state index contributed by atoms with van der Waals surface area (Å²) in [6.07, 6.45) is 0. The second-order valence-corrected chi connectivity index (χ2v) is 2.33. The van der Waals surface area contributed by atoms with Crippen molar-refractivity contribution >= 4 is 18.2 Å². The highest BCUT2D eigenvalue weighted by molar-refractivity contribution is 5.96. The number of amidine groups is 1. The highest BCUT2D eigenvalue weighted by Gasteiger charge is 2.04. The van der Waals surface area contributed by atoms with Crippen LogP contribution in [0, 0.1) is 18.2 Å². The van der Waals surface area contributed by atoms with Gasteiger partial charge >= 0.3 is 0 Å². The van der Waals surface area contributed by atoms with E-state index in [1.165, 1.54) is 6.07 Å². The Morgan fingerprint density at radius 3 is 2.50 bits per heavy atom. The van der Waals surface area contributed by atoms with E-state index < -0.39 is 0 Å². The van der Waals surface area contributed by atoms with Crippen LogP contribution in [0.5, 0.6) is 0 Å². The lowest BCUT2D eigenvalue weighted by Gasteiger charge is -2.02. The number of benzene rings is 1. The van der Waals surface area contributed by atoms with Gasteiger partial charge in [-0.3, -0.25) is 5.41 Å². The van der Waals surface area contributed by atoms with Crippen LogP contribution in [0.15, 0.2) is 18.2 Å². The Kier molecular flexibility index (Phi) is 3.70. The van der Waals surface area contributed by atoms with E-state index >= 15 is 0 Å². The van der Waals surface area contributed by atoms with Crippen molar-refractivity contribution in [3.63, 3.8) is 0 Å². The highest BCUT2D eigenvalue weighted by Crippen LogP contribution is 2.10. The molecule has 0 saturated carbocycles. The van der Waals surface area contributed by atoms with Crippen LogP contribution in [0.2, 0.25) is 0 Å². The van der Waals surface area contributed by atoms with E-state index in [0.29, 0.717) is 11.1 Å². The summed E-state index contributed by atoms with van der Waals surface area (Å²) in [6.45, 7) is 1.60. The topological polar surface area (TPSA) is 49.9 Å². The van der Waals surface area contributed by atoms with Gasteiger partial charge in [-0.1, -0.05) is 12.1 Å². The zero-order chi connectivity index (χ0) is 8.43. The molecule has 0 aromatic heterocycles. The summed E-state index contributed by atoms with van der Waals surface area (Å²) in [5, 5.41) is 7.08. The SMILES string of the molecule is Cc1c(F)cccc1C(=N)N.Cl. The lowest BCUT2D eigenvalue weighted by molar-refractivity contribution is 0.618. The number of nitrogens with two attached hydrogens (primary N) is 1. The van der Waals surface area contributed by atoms with Crippen molar-refractivity contribution in [2.75, 3.05) is 0 Å². The molecule has 1 aromatic carbocycles. The third kappa shape index (κ3) is 1.95.